The molecule has 82 valence electrons. The van der Waals surface area contributed by atoms with Crippen molar-refractivity contribution < 1.29 is 5.11 Å². The minimum absolute atomic E-state index is 0.273. The van der Waals surface area contributed by atoms with Gasteiger partial charge in [-0.25, -0.2) is 0 Å². The molecule has 1 atom stereocenters. The van der Waals surface area contributed by atoms with Crippen molar-refractivity contribution in [2.24, 2.45) is 11.8 Å². The molecule has 0 spiro atoms. The van der Waals surface area contributed by atoms with Gasteiger partial charge < -0.3 is 5.11 Å². The Balaban J connectivity index is 2.54. The molecule has 1 fully saturated rings. The summed E-state index contributed by atoms with van der Waals surface area (Å²) in [5.41, 5.74) is 1.30. The summed E-state index contributed by atoms with van der Waals surface area (Å²) in [7, 11) is 0. The van der Waals surface area contributed by atoms with Crippen molar-refractivity contribution in [1.29, 1.82) is 0 Å². The first-order valence-electron chi connectivity index (χ1n) is 6.09. The van der Waals surface area contributed by atoms with Gasteiger partial charge in [-0.05, 0) is 30.3 Å². The molecule has 1 unspecified atom stereocenters. The van der Waals surface area contributed by atoms with E-state index in [1.54, 1.807) is 0 Å². The predicted molar refractivity (Wildman–Crippen MR) is 61.2 cm³/mol. The first-order chi connectivity index (χ1) is 6.77. The SMILES string of the molecule is CCC(C)/C=C(/CO)C1CCCCC1. The van der Waals surface area contributed by atoms with Gasteiger partial charge in [0, 0.05) is 0 Å². The molecular formula is C13H24O. The molecule has 0 amide bonds. The zero-order chi connectivity index (χ0) is 10.4. The topological polar surface area (TPSA) is 20.2 Å². The van der Waals surface area contributed by atoms with Crippen LogP contribution in [-0.4, -0.2) is 11.7 Å². The first kappa shape index (κ1) is 11.8. The van der Waals surface area contributed by atoms with Crippen LogP contribution in [-0.2, 0) is 0 Å². The highest BCUT2D eigenvalue weighted by Crippen LogP contribution is 2.30. The number of hydrogen-bond donors (Lipinski definition) is 1. The Bertz CT molecular complexity index is 178. The van der Waals surface area contributed by atoms with Gasteiger partial charge >= 0.3 is 0 Å². The monoisotopic (exact) mass is 196 g/mol. The van der Waals surface area contributed by atoms with E-state index in [0.717, 1.165) is 0 Å². The van der Waals surface area contributed by atoms with Crippen LogP contribution in [0.3, 0.4) is 0 Å². The van der Waals surface area contributed by atoms with Gasteiger partial charge in [0.05, 0.1) is 6.61 Å². The molecule has 0 radical (unpaired) electrons. The van der Waals surface area contributed by atoms with Gasteiger partial charge in [-0.1, -0.05) is 45.6 Å². The molecule has 0 heterocycles. The van der Waals surface area contributed by atoms with E-state index in [0.29, 0.717) is 11.8 Å². The lowest BCUT2D eigenvalue weighted by Crippen LogP contribution is -2.12. The Labute approximate surface area is 88.2 Å². The summed E-state index contributed by atoms with van der Waals surface area (Å²) in [5, 5.41) is 9.35. The summed E-state index contributed by atoms with van der Waals surface area (Å²) in [6.45, 7) is 4.71. The van der Waals surface area contributed by atoms with Gasteiger partial charge in [-0.15, -0.1) is 0 Å². The van der Waals surface area contributed by atoms with Crippen LogP contribution in [0.5, 0.6) is 0 Å². The lowest BCUT2D eigenvalue weighted by molar-refractivity contribution is 0.291. The van der Waals surface area contributed by atoms with Gasteiger partial charge in [-0.3, -0.25) is 0 Å². The molecule has 1 rings (SSSR count). The van der Waals surface area contributed by atoms with Crippen molar-refractivity contribution in [3.63, 3.8) is 0 Å². The Morgan fingerprint density at radius 1 is 1.36 bits per heavy atom. The highest BCUT2D eigenvalue weighted by atomic mass is 16.3. The normalized spacial score (nSPS) is 22.4. The number of rotatable bonds is 4. The molecule has 0 aromatic rings. The maximum Gasteiger partial charge on any atom is 0.0644 e. The van der Waals surface area contributed by atoms with Crippen molar-refractivity contribution in [2.45, 2.75) is 52.4 Å². The standard InChI is InChI=1S/C13H24O/c1-3-11(2)9-13(10-14)12-7-5-4-6-8-12/h9,11-12,14H,3-8,10H2,1-2H3/b13-9-. The fraction of sp³-hybridized carbons (Fsp3) is 0.846. The van der Waals surface area contributed by atoms with Crippen molar-refractivity contribution in [3.05, 3.63) is 11.6 Å². The lowest BCUT2D eigenvalue weighted by Gasteiger charge is -2.24. The molecule has 14 heavy (non-hydrogen) atoms. The summed E-state index contributed by atoms with van der Waals surface area (Å²) in [6.07, 6.45) is 10.2. The van der Waals surface area contributed by atoms with E-state index in [1.165, 1.54) is 44.1 Å². The summed E-state index contributed by atoms with van der Waals surface area (Å²) in [5.74, 6) is 1.31. The molecule has 0 aliphatic heterocycles. The largest absolute Gasteiger partial charge is 0.392 e. The zero-order valence-corrected chi connectivity index (χ0v) is 9.63. The van der Waals surface area contributed by atoms with Crippen LogP contribution in [0, 0.1) is 11.8 Å². The molecule has 1 N–H and O–H groups in total. The molecular weight excluding hydrogens is 172 g/mol. The number of aliphatic hydroxyl groups is 1. The van der Waals surface area contributed by atoms with E-state index in [-0.39, 0.29) is 6.61 Å². The van der Waals surface area contributed by atoms with E-state index >= 15 is 0 Å². The molecule has 1 aliphatic carbocycles. The fourth-order valence-electron chi connectivity index (χ4n) is 2.27. The van der Waals surface area contributed by atoms with Gasteiger partial charge in [0.15, 0.2) is 0 Å². The molecule has 0 aromatic heterocycles. The third kappa shape index (κ3) is 3.45. The summed E-state index contributed by atoms with van der Waals surface area (Å²) >= 11 is 0. The Morgan fingerprint density at radius 3 is 2.50 bits per heavy atom. The molecule has 0 saturated heterocycles. The van der Waals surface area contributed by atoms with Gasteiger partial charge in [0.25, 0.3) is 0 Å². The summed E-state index contributed by atoms with van der Waals surface area (Å²) < 4.78 is 0. The average Bonchev–Trinajstić information content (AvgIpc) is 2.26. The second-order valence-corrected chi connectivity index (χ2v) is 4.62. The molecule has 1 heteroatoms. The lowest BCUT2D eigenvalue weighted by atomic mass is 9.82. The first-order valence-corrected chi connectivity index (χ1v) is 6.09. The Kier molecular flexibility index (Phi) is 5.24. The molecule has 1 aliphatic rings. The molecule has 1 nitrogen and oxygen atoms in total. The number of hydrogen-bond acceptors (Lipinski definition) is 1. The highest BCUT2D eigenvalue weighted by molar-refractivity contribution is 5.09. The van der Waals surface area contributed by atoms with Gasteiger partial charge in [0.2, 0.25) is 0 Å². The average molecular weight is 196 g/mol. The number of aliphatic hydroxyl groups excluding tert-OH is 1. The highest BCUT2D eigenvalue weighted by Gasteiger charge is 2.17. The maximum atomic E-state index is 9.35. The third-order valence-electron chi connectivity index (χ3n) is 3.45. The van der Waals surface area contributed by atoms with Crippen LogP contribution in [0.1, 0.15) is 52.4 Å². The molecule has 1 saturated carbocycles. The second kappa shape index (κ2) is 6.23. The van der Waals surface area contributed by atoms with Crippen molar-refractivity contribution in [2.75, 3.05) is 6.61 Å². The van der Waals surface area contributed by atoms with Crippen molar-refractivity contribution >= 4 is 0 Å². The van der Waals surface area contributed by atoms with E-state index < -0.39 is 0 Å². The maximum absolute atomic E-state index is 9.35. The van der Waals surface area contributed by atoms with Crippen LogP contribution in [0.25, 0.3) is 0 Å². The fourth-order valence-corrected chi connectivity index (χ4v) is 2.27. The van der Waals surface area contributed by atoms with E-state index in [1.807, 2.05) is 0 Å². The zero-order valence-electron chi connectivity index (χ0n) is 9.63. The van der Waals surface area contributed by atoms with E-state index in [9.17, 15) is 5.11 Å². The second-order valence-electron chi connectivity index (χ2n) is 4.62. The van der Waals surface area contributed by atoms with Crippen LogP contribution in [0.4, 0.5) is 0 Å². The van der Waals surface area contributed by atoms with Crippen molar-refractivity contribution in [1.82, 2.24) is 0 Å². The van der Waals surface area contributed by atoms with Crippen LogP contribution < -0.4 is 0 Å². The third-order valence-corrected chi connectivity index (χ3v) is 3.45. The van der Waals surface area contributed by atoms with E-state index in [4.69, 9.17) is 0 Å². The van der Waals surface area contributed by atoms with Gasteiger partial charge in [0.1, 0.15) is 0 Å². The predicted octanol–water partition coefficient (Wildman–Crippen LogP) is 3.53. The van der Waals surface area contributed by atoms with Crippen molar-refractivity contribution in [3.8, 4) is 0 Å². The van der Waals surface area contributed by atoms with Crippen LogP contribution in [0.2, 0.25) is 0 Å². The Hall–Kier alpha value is -0.300. The smallest absolute Gasteiger partial charge is 0.0644 e. The van der Waals surface area contributed by atoms with E-state index in [2.05, 4.69) is 19.9 Å². The van der Waals surface area contributed by atoms with Crippen LogP contribution in [0.15, 0.2) is 11.6 Å². The molecule has 0 aromatic carbocycles. The minimum atomic E-state index is 0.273. The molecule has 0 bridgehead atoms. The summed E-state index contributed by atoms with van der Waals surface area (Å²) in [4.78, 5) is 0. The Morgan fingerprint density at radius 2 is 2.00 bits per heavy atom. The van der Waals surface area contributed by atoms with Gasteiger partial charge in [-0.2, -0.15) is 0 Å². The number of allylic oxidation sites excluding steroid dienone is 1. The summed E-state index contributed by atoms with van der Waals surface area (Å²) in [6, 6.07) is 0. The minimum Gasteiger partial charge on any atom is -0.392 e. The quantitative estimate of drug-likeness (QED) is 0.682. The van der Waals surface area contributed by atoms with Crippen LogP contribution >= 0.6 is 0 Å².